The van der Waals surface area contributed by atoms with Crippen molar-refractivity contribution in [3.8, 4) is 0 Å². The molecule has 1 atom stereocenters. The van der Waals surface area contributed by atoms with Gasteiger partial charge in [-0.15, -0.1) is 0 Å². The molecule has 0 spiro atoms. The Morgan fingerprint density at radius 3 is 2.21 bits per heavy atom. The van der Waals surface area contributed by atoms with Crippen LogP contribution in [0.3, 0.4) is 0 Å². The van der Waals surface area contributed by atoms with E-state index in [4.69, 9.17) is 4.74 Å². The summed E-state index contributed by atoms with van der Waals surface area (Å²) in [5.74, 6) is -0.274. The molecule has 0 aromatic heterocycles. The highest BCUT2D eigenvalue weighted by Gasteiger charge is 2.37. The number of ether oxygens (including phenoxy) is 1. The first-order valence-corrected chi connectivity index (χ1v) is 8.49. The van der Waals surface area contributed by atoms with Crippen molar-refractivity contribution < 1.29 is 9.53 Å². The number of anilines is 1. The molecule has 2 aromatic rings. The standard InChI is InChI=1S/C20H26N2O2/c1-3-20(19(23)24-4-2,22-18-13-9-6-10-14-18)21-16-15-17-11-7-5-8-12-17/h5-14,21-22H,3-4,15-16H2,1-2H3. The van der Waals surface area contributed by atoms with E-state index >= 15 is 0 Å². The summed E-state index contributed by atoms with van der Waals surface area (Å²) in [4.78, 5) is 12.6. The predicted octanol–water partition coefficient (Wildman–Crippen LogP) is 3.60. The summed E-state index contributed by atoms with van der Waals surface area (Å²) in [5.41, 5.74) is 1.20. The smallest absolute Gasteiger partial charge is 0.347 e. The molecule has 24 heavy (non-hydrogen) atoms. The molecule has 0 aliphatic rings. The number of rotatable bonds is 9. The van der Waals surface area contributed by atoms with Gasteiger partial charge in [-0.25, -0.2) is 4.79 Å². The van der Waals surface area contributed by atoms with Crippen LogP contribution in [-0.2, 0) is 16.0 Å². The van der Waals surface area contributed by atoms with E-state index in [0.717, 1.165) is 12.1 Å². The molecule has 1 unspecified atom stereocenters. The van der Waals surface area contributed by atoms with Crippen LogP contribution in [0.5, 0.6) is 0 Å². The van der Waals surface area contributed by atoms with Gasteiger partial charge in [-0.3, -0.25) is 5.32 Å². The van der Waals surface area contributed by atoms with Gasteiger partial charge >= 0.3 is 5.97 Å². The number of esters is 1. The fourth-order valence-electron chi connectivity index (χ4n) is 2.61. The zero-order chi connectivity index (χ0) is 17.3. The number of hydrogen-bond donors (Lipinski definition) is 2. The van der Waals surface area contributed by atoms with Crippen LogP contribution in [0, 0.1) is 0 Å². The molecule has 2 N–H and O–H groups in total. The highest BCUT2D eigenvalue weighted by Crippen LogP contribution is 2.18. The monoisotopic (exact) mass is 326 g/mol. The van der Waals surface area contributed by atoms with E-state index in [9.17, 15) is 4.79 Å². The van der Waals surface area contributed by atoms with Crippen molar-refractivity contribution in [3.63, 3.8) is 0 Å². The summed E-state index contributed by atoms with van der Waals surface area (Å²) >= 11 is 0. The lowest BCUT2D eigenvalue weighted by atomic mass is 10.1. The minimum absolute atomic E-state index is 0.274. The normalized spacial score (nSPS) is 13.1. The van der Waals surface area contributed by atoms with E-state index in [2.05, 4.69) is 22.8 Å². The van der Waals surface area contributed by atoms with Crippen molar-refractivity contribution in [1.29, 1.82) is 0 Å². The Morgan fingerprint density at radius 2 is 1.62 bits per heavy atom. The van der Waals surface area contributed by atoms with Crippen LogP contribution in [0.25, 0.3) is 0 Å². The molecule has 4 nitrogen and oxygen atoms in total. The predicted molar refractivity (Wildman–Crippen MR) is 97.9 cm³/mol. The van der Waals surface area contributed by atoms with Crippen molar-refractivity contribution >= 4 is 11.7 Å². The van der Waals surface area contributed by atoms with Crippen LogP contribution in [0.15, 0.2) is 60.7 Å². The molecule has 0 radical (unpaired) electrons. The second-order valence-electron chi connectivity index (χ2n) is 5.63. The van der Waals surface area contributed by atoms with E-state index in [1.54, 1.807) is 0 Å². The summed E-state index contributed by atoms with van der Waals surface area (Å²) in [6, 6.07) is 20.0. The van der Waals surface area contributed by atoms with Gasteiger partial charge in [0, 0.05) is 12.2 Å². The minimum Gasteiger partial charge on any atom is -0.463 e. The van der Waals surface area contributed by atoms with Crippen molar-refractivity contribution in [2.75, 3.05) is 18.5 Å². The first-order valence-electron chi connectivity index (χ1n) is 8.49. The largest absolute Gasteiger partial charge is 0.463 e. The van der Waals surface area contributed by atoms with Crippen LogP contribution < -0.4 is 10.6 Å². The summed E-state index contributed by atoms with van der Waals surface area (Å²) in [5, 5.41) is 6.71. The lowest BCUT2D eigenvalue weighted by molar-refractivity contribution is -0.150. The van der Waals surface area contributed by atoms with Gasteiger partial charge in [-0.2, -0.15) is 0 Å². The fourth-order valence-corrected chi connectivity index (χ4v) is 2.61. The van der Waals surface area contributed by atoms with Crippen molar-refractivity contribution in [3.05, 3.63) is 66.2 Å². The van der Waals surface area contributed by atoms with Gasteiger partial charge in [-0.05, 0) is 37.5 Å². The molecule has 0 amide bonds. The van der Waals surface area contributed by atoms with Crippen molar-refractivity contribution in [2.24, 2.45) is 0 Å². The molecule has 0 bridgehead atoms. The quantitative estimate of drug-likeness (QED) is 0.546. The average Bonchev–Trinajstić information content (AvgIpc) is 2.63. The summed E-state index contributed by atoms with van der Waals surface area (Å²) in [7, 11) is 0. The Kier molecular flexibility index (Phi) is 6.82. The molecule has 2 rings (SSSR count). The highest BCUT2D eigenvalue weighted by molar-refractivity contribution is 5.84. The van der Waals surface area contributed by atoms with Crippen molar-refractivity contribution in [2.45, 2.75) is 32.4 Å². The van der Waals surface area contributed by atoms with Gasteiger partial charge in [-0.1, -0.05) is 55.5 Å². The molecule has 0 aliphatic heterocycles. The molecule has 0 saturated heterocycles. The van der Waals surface area contributed by atoms with Crippen LogP contribution in [0.2, 0.25) is 0 Å². The Hall–Kier alpha value is -2.33. The maximum Gasteiger partial charge on any atom is 0.347 e. The first kappa shape index (κ1) is 18.0. The topological polar surface area (TPSA) is 50.4 Å². The molecule has 2 aromatic carbocycles. The lowest BCUT2D eigenvalue weighted by Crippen LogP contribution is -2.59. The minimum atomic E-state index is -0.924. The number of carbonyl (C=O) groups excluding carboxylic acids is 1. The maximum absolute atomic E-state index is 12.6. The SMILES string of the molecule is CCOC(=O)C(CC)(NCCc1ccccc1)Nc1ccccc1. The number of para-hydroxylation sites is 1. The number of hydrogen-bond acceptors (Lipinski definition) is 4. The van der Waals surface area contributed by atoms with Crippen LogP contribution in [-0.4, -0.2) is 24.8 Å². The van der Waals surface area contributed by atoms with Crippen LogP contribution in [0.4, 0.5) is 5.69 Å². The van der Waals surface area contributed by atoms with E-state index < -0.39 is 5.66 Å². The maximum atomic E-state index is 12.6. The molecule has 4 heteroatoms. The zero-order valence-corrected chi connectivity index (χ0v) is 14.4. The number of benzene rings is 2. The third kappa shape index (κ3) is 4.83. The lowest BCUT2D eigenvalue weighted by Gasteiger charge is -2.33. The van der Waals surface area contributed by atoms with Crippen LogP contribution >= 0.6 is 0 Å². The number of nitrogens with one attached hydrogen (secondary N) is 2. The fraction of sp³-hybridized carbons (Fsp3) is 0.350. The summed E-state index contributed by atoms with van der Waals surface area (Å²) in [6.07, 6.45) is 1.42. The average molecular weight is 326 g/mol. The Bertz CT molecular complexity index is 616. The van der Waals surface area contributed by atoms with E-state index in [-0.39, 0.29) is 5.97 Å². The first-order chi connectivity index (χ1) is 11.7. The van der Waals surface area contributed by atoms with Crippen LogP contribution in [0.1, 0.15) is 25.8 Å². The number of carbonyl (C=O) groups is 1. The van der Waals surface area contributed by atoms with E-state index in [0.29, 0.717) is 19.6 Å². The summed E-state index contributed by atoms with van der Waals surface area (Å²) in [6.45, 7) is 4.83. The second-order valence-corrected chi connectivity index (χ2v) is 5.63. The molecule has 128 valence electrons. The van der Waals surface area contributed by atoms with E-state index in [1.807, 2.05) is 62.4 Å². The second kappa shape index (κ2) is 9.08. The Labute approximate surface area is 144 Å². The van der Waals surface area contributed by atoms with Gasteiger partial charge in [0.05, 0.1) is 6.61 Å². The Balaban J connectivity index is 2.10. The van der Waals surface area contributed by atoms with Crippen molar-refractivity contribution in [1.82, 2.24) is 5.32 Å². The summed E-state index contributed by atoms with van der Waals surface area (Å²) < 4.78 is 5.31. The third-order valence-corrected chi connectivity index (χ3v) is 3.97. The third-order valence-electron chi connectivity index (χ3n) is 3.97. The van der Waals surface area contributed by atoms with Gasteiger partial charge in [0.1, 0.15) is 0 Å². The zero-order valence-electron chi connectivity index (χ0n) is 14.4. The highest BCUT2D eigenvalue weighted by atomic mass is 16.5. The molecular weight excluding hydrogens is 300 g/mol. The van der Waals surface area contributed by atoms with Gasteiger partial charge in [0.25, 0.3) is 0 Å². The Morgan fingerprint density at radius 1 is 1.00 bits per heavy atom. The van der Waals surface area contributed by atoms with Gasteiger partial charge in [0.15, 0.2) is 5.66 Å². The van der Waals surface area contributed by atoms with E-state index in [1.165, 1.54) is 5.56 Å². The molecule has 0 heterocycles. The molecule has 0 aliphatic carbocycles. The van der Waals surface area contributed by atoms with Gasteiger partial charge < -0.3 is 10.1 Å². The molecule has 0 saturated carbocycles. The molecular formula is C20H26N2O2. The molecule has 0 fully saturated rings. The van der Waals surface area contributed by atoms with Gasteiger partial charge in [0.2, 0.25) is 0 Å².